The molecule has 1 rings (SSSR count). The monoisotopic (exact) mass is 269 g/mol. The average Bonchev–Trinajstić information content (AvgIpc) is 1.82. The maximum absolute atomic E-state index is 4.20. The zero-order valence-electron chi connectivity index (χ0n) is 8.18. The number of aromatic nitrogens is 1. The summed E-state index contributed by atoms with van der Waals surface area (Å²) in [6.07, 6.45) is 1.93. The molecule has 0 saturated heterocycles. The summed E-state index contributed by atoms with van der Waals surface area (Å²) in [6.45, 7) is 9.05. The molecule has 0 aliphatic heterocycles. The van der Waals surface area contributed by atoms with Crippen molar-refractivity contribution in [3.63, 3.8) is 0 Å². The molecule has 2 heteroatoms. The molecule has 0 aliphatic rings. The molecule has 0 fully saturated rings. The van der Waals surface area contributed by atoms with Crippen molar-refractivity contribution in [2.45, 2.75) is 31.1 Å². The summed E-state index contributed by atoms with van der Waals surface area (Å²) in [7, 11) is 0. The Bertz CT molecular complexity index is 263. The first-order valence-electron chi connectivity index (χ1n) is 4.18. The summed E-state index contributed by atoms with van der Waals surface area (Å²) in [5.41, 5.74) is 1.15. The summed E-state index contributed by atoms with van der Waals surface area (Å²) in [4.78, 5) is 4.20. The van der Waals surface area contributed by atoms with E-state index in [0.29, 0.717) is 3.43 Å². The number of pyridine rings is 1. The third-order valence-corrected chi connectivity index (χ3v) is 5.27. The van der Waals surface area contributed by atoms with Crippen LogP contribution < -0.4 is 3.58 Å². The Kier molecular flexibility index (Phi) is 3.15. The molecule has 0 aromatic carbocycles. The van der Waals surface area contributed by atoms with Crippen LogP contribution in [0.5, 0.6) is 0 Å². The van der Waals surface area contributed by atoms with E-state index in [4.69, 9.17) is 0 Å². The summed E-state index contributed by atoms with van der Waals surface area (Å²) in [5.74, 6) is 0. The van der Waals surface area contributed by atoms with Crippen molar-refractivity contribution in [2.75, 3.05) is 0 Å². The molecular formula is C10H15NSn. The predicted molar refractivity (Wildman–Crippen MR) is 54.1 cm³/mol. The van der Waals surface area contributed by atoms with E-state index in [1.54, 1.807) is 3.58 Å². The number of hydrogen-bond donors (Lipinski definition) is 0. The first-order valence-corrected chi connectivity index (χ1v) is 7.04. The van der Waals surface area contributed by atoms with Gasteiger partial charge in [0.15, 0.2) is 0 Å². The molecule has 0 saturated carbocycles. The molecule has 1 aromatic heterocycles. The van der Waals surface area contributed by atoms with Gasteiger partial charge in [0.1, 0.15) is 0 Å². The fraction of sp³-hybridized carbons (Fsp3) is 0.500. The van der Waals surface area contributed by atoms with E-state index >= 15 is 0 Å². The van der Waals surface area contributed by atoms with Gasteiger partial charge in [0.25, 0.3) is 0 Å². The van der Waals surface area contributed by atoms with Gasteiger partial charge in [-0.3, -0.25) is 0 Å². The van der Waals surface area contributed by atoms with Crippen LogP contribution in [0.3, 0.4) is 0 Å². The van der Waals surface area contributed by atoms with Gasteiger partial charge in [-0.1, -0.05) is 0 Å². The number of nitrogens with zero attached hydrogens (tertiary/aromatic N) is 1. The van der Waals surface area contributed by atoms with Crippen LogP contribution in [0.4, 0.5) is 0 Å². The molecule has 0 amide bonds. The summed E-state index contributed by atoms with van der Waals surface area (Å²) in [6, 6.07) is 4.40. The van der Waals surface area contributed by atoms with Crippen LogP contribution in [0, 0.1) is 6.92 Å². The van der Waals surface area contributed by atoms with Crippen LogP contribution >= 0.6 is 0 Å². The molecular weight excluding hydrogens is 253 g/mol. The predicted octanol–water partition coefficient (Wildman–Crippen LogP) is 1.94. The van der Waals surface area contributed by atoms with E-state index < -0.39 is 21.1 Å². The average molecular weight is 268 g/mol. The summed E-state index contributed by atoms with van der Waals surface area (Å²) in [5, 5.41) is 0. The molecule has 1 heterocycles. The molecule has 12 heavy (non-hydrogen) atoms. The van der Waals surface area contributed by atoms with Gasteiger partial charge in [-0.2, -0.15) is 0 Å². The molecule has 0 atom stereocenters. The fourth-order valence-electron chi connectivity index (χ4n) is 1.06. The maximum atomic E-state index is 4.20. The van der Waals surface area contributed by atoms with E-state index in [1.165, 1.54) is 0 Å². The van der Waals surface area contributed by atoms with Crippen molar-refractivity contribution in [3.05, 3.63) is 24.0 Å². The van der Waals surface area contributed by atoms with Crippen LogP contribution in [-0.2, 0) is 0 Å². The van der Waals surface area contributed by atoms with Crippen molar-refractivity contribution >= 4 is 24.7 Å². The first-order chi connectivity index (χ1) is 5.47. The van der Waals surface area contributed by atoms with Crippen molar-refractivity contribution in [3.8, 4) is 0 Å². The van der Waals surface area contributed by atoms with E-state index in [0.717, 1.165) is 5.69 Å². The molecule has 0 spiro atoms. The second-order valence-electron chi connectivity index (χ2n) is 4.06. The van der Waals surface area contributed by atoms with Crippen LogP contribution in [0.25, 0.3) is 0 Å². The van der Waals surface area contributed by atoms with Gasteiger partial charge in [0.05, 0.1) is 0 Å². The Hall–Kier alpha value is -0.0513. The standard InChI is InChI=1S/C6H6N.C4H9.Sn/c1-6-4-2-3-5-7-6;1-4(2)3;/h3-5H,1H3;1-3H3;. The minimum absolute atomic E-state index is 0.416. The van der Waals surface area contributed by atoms with Crippen LogP contribution in [0.1, 0.15) is 26.5 Å². The zero-order valence-corrected chi connectivity index (χ0v) is 11.0. The second-order valence-corrected chi connectivity index (χ2v) is 10.7. The Labute approximate surface area is 84.8 Å². The van der Waals surface area contributed by atoms with E-state index in [-0.39, 0.29) is 0 Å². The first kappa shape index (κ1) is 10.0. The third-order valence-electron chi connectivity index (χ3n) is 1.42. The summed E-state index contributed by atoms with van der Waals surface area (Å²) < 4.78 is 2.09. The molecule has 1 aromatic rings. The van der Waals surface area contributed by atoms with Crippen LogP contribution in [0.15, 0.2) is 18.3 Å². The van der Waals surface area contributed by atoms with Gasteiger partial charge >= 0.3 is 84.9 Å². The van der Waals surface area contributed by atoms with E-state index in [9.17, 15) is 0 Å². The van der Waals surface area contributed by atoms with Crippen molar-refractivity contribution in [1.29, 1.82) is 0 Å². The molecule has 0 bridgehead atoms. The van der Waals surface area contributed by atoms with E-state index in [1.807, 2.05) is 6.20 Å². The summed E-state index contributed by atoms with van der Waals surface area (Å²) >= 11 is -0.416. The van der Waals surface area contributed by atoms with Crippen LogP contribution in [0.2, 0.25) is 3.43 Å². The second kappa shape index (κ2) is 3.77. The van der Waals surface area contributed by atoms with Gasteiger partial charge in [-0.05, 0) is 0 Å². The van der Waals surface area contributed by atoms with Crippen molar-refractivity contribution < 1.29 is 0 Å². The Balaban J connectivity index is 2.77. The van der Waals surface area contributed by atoms with Gasteiger partial charge in [0.2, 0.25) is 0 Å². The Morgan fingerprint density at radius 1 is 1.33 bits per heavy atom. The number of aryl methyl sites for hydroxylation is 1. The zero-order chi connectivity index (χ0) is 9.19. The number of hydrogen-bond acceptors (Lipinski definition) is 1. The molecule has 0 N–H and O–H groups in total. The molecule has 1 nitrogen and oxygen atoms in total. The topological polar surface area (TPSA) is 12.9 Å². The SMILES string of the molecule is Cc1c[c]([Sn][C](C)(C)C)ccn1. The molecule has 0 unspecified atom stereocenters. The van der Waals surface area contributed by atoms with Crippen molar-refractivity contribution in [2.24, 2.45) is 0 Å². The van der Waals surface area contributed by atoms with Gasteiger partial charge < -0.3 is 0 Å². The van der Waals surface area contributed by atoms with Gasteiger partial charge in [0, 0.05) is 0 Å². The third kappa shape index (κ3) is 3.57. The quantitative estimate of drug-likeness (QED) is 0.709. The van der Waals surface area contributed by atoms with Gasteiger partial charge in [-0.25, -0.2) is 0 Å². The normalized spacial score (nSPS) is 11.7. The van der Waals surface area contributed by atoms with Crippen molar-refractivity contribution in [1.82, 2.24) is 4.98 Å². The van der Waals surface area contributed by atoms with Crippen LogP contribution in [-0.4, -0.2) is 26.1 Å². The minimum atomic E-state index is -0.416. The Morgan fingerprint density at radius 3 is 2.50 bits per heavy atom. The fourth-order valence-corrected chi connectivity index (χ4v) is 4.78. The number of rotatable bonds is 1. The Morgan fingerprint density at radius 2 is 2.00 bits per heavy atom. The molecule has 2 radical (unpaired) electrons. The molecule has 0 aliphatic carbocycles. The van der Waals surface area contributed by atoms with Gasteiger partial charge in [-0.15, -0.1) is 0 Å². The molecule has 64 valence electrons. The van der Waals surface area contributed by atoms with E-state index in [2.05, 4.69) is 44.8 Å².